The van der Waals surface area contributed by atoms with Gasteiger partial charge in [0.05, 0.1) is 0 Å². The maximum Gasteiger partial charge on any atom is 0.408 e. The van der Waals surface area contributed by atoms with E-state index in [-0.39, 0.29) is 25.4 Å². The Hall–Kier alpha value is -1.47. The van der Waals surface area contributed by atoms with Crippen molar-refractivity contribution >= 4 is 11.9 Å². The number of amides is 3. The Balaban J connectivity index is 2.63. The lowest BCUT2D eigenvalue weighted by molar-refractivity contribution is -0.159. The maximum absolute atomic E-state index is 13.1. The van der Waals surface area contributed by atoms with E-state index >= 15 is 0 Å². The van der Waals surface area contributed by atoms with Gasteiger partial charge in [0.2, 0.25) is 5.91 Å². The normalized spacial score (nSPS) is 18.1. The zero-order valence-corrected chi connectivity index (χ0v) is 13.5. The smallest absolute Gasteiger partial charge is 0.339 e. The second-order valence-electron chi connectivity index (χ2n) is 6.80. The highest BCUT2D eigenvalue weighted by Gasteiger charge is 2.43. The third-order valence-corrected chi connectivity index (χ3v) is 3.52. The van der Waals surface area contributed by atoms with E-state index < -0.39 is 23.7 Å². The third-order valence-electron chi connectivity index (χ3n) is 3.52. The minimum Gasteiger partial charge on any atom is -0.339 e. The van der Waals surface area contributed by atoms with Crippen LogP contribution in [0.25, 0.3) is 0 Å². The van der Waals surface area contributed by atoms with Crippen LogP contribution in [0.4, 0.5) is 18.0 Å². The van der Waals surface area contributed by atoms with Crippen molar-refractivity contribution in [2.45, 2.75) is 46.3 Å². The van der Waals surface area contributed by atoms with Gasteiger partial charge in [0.1, 0.15) is 6.04 Å². The van der Waals surface area contributed by atoms with E-state index in [4.69, 9.17) is 0 Å². The number of hydrogen-bond acceptors (Lipinski definition) is 2. The Bertz CT molecular complexity index is 411. The average molecular weight is 323 g/mol. The Morgan fingerprint density at radius 1 is 1.05 bits per heavy atom. The summed E-state index contributed by atoms with van der Waals surface area (Å²) in [6.45, 7) is 7.70. The van der Waals surface area contributed by atoms with Crippen molar-refractivity contribution in [1.29, 1.82) is 0 Å². The highest BCUT2D eigenvalue weighted by Crippen LogP contribution is 2.30. The van der Waals surface area contributed by atoms with Gasteiger partial charge in [-0.3, -0.25) is 4.79 Å². The fourth-order valence-corrected chi connectivity index (χ4v) is 2.33. The fourth-order valence-electron chi connectivity index (χ4n) is 2.33. The van der Waals surface area contributed by atoms with Crippen LogP contribution >= 0.6 is 0 Å². The van der Waals surface area contributed by atoms with Crippen LogP contribution in [0.5, 0.6) is 0 Å². The molecule has 0 radical (unpaired) electrons. The summed E-state index contributed by atoms with van der Waals surface area (Å²) in [6.07, 6.45) is -4.67. The first-order valence-corrected chi connectivity index (χ1v) is 7.28. The van der Waals surface area contributed by atoms with Gasteiger partial charge in [0, 0.05) is 33.1 Å². The lowest BCUT2D eigenvalue weighted by Gasteiger charge is -2.36. The van der Waals surface area contributed by atoms with E-state index in [1.807, 2.05) is 0 Å². The third kappa shape index (κ3) is 5.73. The molecule has 1 saturated heterocycles. The zero-order valence-electron chi connectivity index (χ0n) is 13.5. The minimum atomic E-state index is -4.48. The molecule has 0 spiro atoms. The molecule has 0 aliphatic carbocycles. The SMILES string of the molecule is CC(=O)N1CCN(C(=O)N[C@@H](CC(C)(C)C)C(F)(F)F)CC1. The van der Waals surface area contributed by atoms with Crippen LogP contribution in [-0.4, -0.2) is 60.1 Å². The van der Waals surface area contributed by atoms with Gasteiger partial charge in [-0.15, -0.1) is 0 Å². The fraction of sp³-hybridized carbons (Fsp3) is 0.857. The van der Waals surface area contributed by atoms with Crippen molar-refractivity contribution in [1.82, 2.24) is 15.1 Å². The molecule has 22 heavy (non-hydrogen) atoms. The molecular weight excluding hydrogens is 299 g/mol. The van der Waals surface area contributed by atoms with Gasteiger partial charge in [-0.2, -0.15) is 13.2 Å². The standard InChI is InChI=1S/C14H24F3N3O2/c1-10(21)19-5-7-20(8-6-19)12(22)18-11(14(15,16)17)9-13(2,3)4/h11H,5-9H2,1-4H3,(H,18,22)/t11-/m0/s1. The summed E-state index contributed by atoms with van der Waals surface area (Å²) in [5.74, 6) is -0.0963. The molecule has 3 amide bonds. The topological polar surface area (TPSA) is 52.7 Å². The summed E-state index contributed by atoms with van der Waals surface area (Å²) >= 11 is 0. The molecule has 0 aromatic heterocycles. The molecule has 0 bridgehead atoms. The molecule has 1 atom stereocenters. The first kappa shape index (κ1) is 18.6. The molecule has 0 aromatic carbocycles. The number of alkyl halides is 3. The van der Waals surface area contributed by atoms with Crippen molar-refractivity contribution < 1.29 is 22.8 Å². The number of halogens is 3. The quantitative estimate of drug-likeness (QED) is 0.847. The van der Waals surface area contributed by atoms with E-state index in [1.165, 1.54) is 11.8 Å². The summed E-state index contributed by atoms with van der Waals surface area (Å²) in [7, 11) is 0. The number of nitrogens with one attached hydrogen (secondary N) is 1. The van der Waals surface area contributed by atoms with Crippen molar-refractivity contribution in [3.05, 3.63) is 0 Å². The van der Waals surface area contributed by atoms with Crippen molar-refractivity contribution in [3.8, 4) is 0 Å². The Morgan fingerprint density at radius 2 is 1.50 bits per heavy atom. The number of urea groups is 1. The van der Waals surface area contributed by atoms with Gasteiger partial charge in [-0.1, -0.05) is 20.8 Å². The second-order valence-corrected chi connectivity index (χ2v) is 6.80. The molecular formula is C14H24F3N3O2. The van der Waals surface area contributed by atoms with Crippen molar-refractivity contribution in [2.75, 3.05) is 26.2 Å². The molecule has 128 valence electrons. The highest BCUT2D eigenvalue weighted by molar-refractivity contribution is 5.76. The number of carbonyl (C=O) groups excluding carboxylic acids is 2. The predicted molar refractivity (Wildman–Crippen MR) is 76.3 cm³/mol. The molecule has 0 saturated carbocycles. The number of rotatable bonds is 2. The van der Waals surface area contributed by atoms with Gasteiger partial charge >= 0.3 is 12.2 Å². The molecule has 1 rings (SSSR count). The molecule has 1 heterocycles. The van der Waals surface area contributed by atoms with Crippen LogP contribution in [0.2, 0.25) is 0 Å². The Labute approximate surface area is 128 Å². The summed E-state index contributed by atoms with van der Waals surface area (Å²) in [5, 5.41) is 2.09. The first-order valence-electron chi connectivity index (χ1n) is 7.28. The van der Waals surface area contributed by atoms with Crippen LogP contribution in [0.3, 0.4) is 0 Å². The Morgan fingerprint density at radius 3 is 1.86 bits per heavy atom. The molecule has 1 N–H and O–H groups in total. The molecule has 8 heteroatoms. The number of piperazine rings is 1. The largest absolute Gasteiger partial charge is 0.408 e. The molecule has 1 fully saturated rings. The zero-order chi connectivity index (χ0) is 17.1. The second kappa shape index (κ2) is 6.75. The van der Waals surface area contributed by atoms with Crippen LogP contribution in [-0.2, 0) is 4.79 Å². The predicted octanol–water partition coefficient (Wildman–Crippen LogP) is 2.23. The number of nitrogens with zero attached hydrogens (tertiary/aromatic N) is 2. The van der Waals surface area contributed by atoms with Crippen LogP contribution in [0.1, 0.15) is 34.1 Å². The summed E-state index contributed by atoms with van der Waals surface area (Å²) in [6, 6.07) is -2.60. The lowest BCUT2D eigenvalue weighted by atomic mass is 9.88. The molecule has 1 aliphatic heterocycles. The molecule has 1 aliphatic rings. The molecule has 0 aromatic rings. The maximum atomic E-state index is 13.1. The van der Waals surface area contributed by atoms with Crippen LogP contribution in [0.15, 0.2) is 0 Å². The van der Waals surface area contributed by atoms with Gasteiger partial charge in [-0.05, 0) is 11.8 Å². The Kier molecular flexibility index (Phi) is 5.70. The monoisotopic (exact) mass is 323 g/mol. The van der Waals surface area contributed by atoms with Crippen LogP contribution in [0, 0.1) is 5.41 Å². The van der Waals surface area contributed by atoms with Crippen molar-refractivity contribution in [3.63, 3.8) is 0 Å². The molecule has 0 unspecified atom stereocenters. The summed E-state index contributed by atoms with van der Waals surface area (Å²) < 4.78 is 39.2. The van der Waals surface area contributed by atoms with Gasteiger partial charge in [0.15, 0.2) is 0 Å². The highest BCUT2D eigenvalue weighted by atomic mass is 19.4. The molecule has 5 nitrogen and oxygen atoms in total. The van der Waals surface area contributed by atoms with Gasteiger partial charge in [-0.25, -0.2) is 4.79 Å². The minimum absolute atomic E-state index is 0.0963. The average Bonchev–Trinajstić information content (AvgIpc) is 2.35. The van der Waals surface area contributed by atoms with E-state index in [2.05, 4.69) is 5.32 Å². The number of hydrogen-bond donors (Lipinski definition) is 1. The number of carbonyl (C=O) groups is 2. The van der Waals surface area contributed by atoms with E-state index in [0.717, 1.165) is 0 Å². The first-order chi connectivity index (χ1) is 9.90. The van der Waals surface area contributed by atoms with E-state index in [9.17, 15) is 22.8 Å². The van der Waals surface area contributed by atoms with E-state index in [1.54, 1.807) is 25.7 Å². The van der Waals surface area contributed by atoms with Gasteiger partial charge < -0.3 is 15.1 Å². The van der Waals surface area contributed by atoms with Gasteiger partial charge in [0.25, 0.3) is 0 Å². The van der Waals surface area contributed by atoms with E-state index in [0.29, 0.717) is 13.1 Å². The summed E-state index contributed by atoms with van der Waals surface area (Å²) in [5.41, 5.74) is -0.555. The lowest BCUT2D eigenvalue weighted by Crippen LogP contribution is -2.56. The van der Waals surface area contributed by atoms with Crippen LogP contribution < -0.4 is 5.32 Å². The van der Waals surface area contributed by atoms with Crippen molar-refractivity contribution in [2.24, 2.45) is 5.41 Å². The summed E-state index contributed by atoms with van der Waals surface area (Å²) in [4.78, 5) is 26.1.